The number of benzene rings is 1. The zero-order valence-corrected chi connectivity index (χ0v) is 14.3. The minimum absolute atomic E-state index is 0.591. The summed E-state index contributed by atoms with van der Waals surface area (Å²) >= 11 is 5.32. The first-order valence-corrected chi connectivity index (χ1v) is 8.20. The van der Waals surface area contributed by atoms with Gasteiger partial charge < -0.3 is 10.6 Å². The monoisotopic (exact) mass is 316 g/mol. The molecule has 0 saturated carbocycles. The number of rotatable bonds is 6. The van der Waals surface area contributed by atoms with Crippen molar-refractivity contribution in [2.24, 2.45) is 0 Å². The molecule has 0 spiro atoms. The van der Waals surface area contributed by atoms with E-state index in [4.69, 9.17) is 12.2 Å². The first-order valence-electron chi connectivity index (χ1n) is 7.79. The van der Waals surface area contributed by atoms with E-state index in [1.54, 1.807) is 0 Å². The van der Waals surface area contributed by atoms with Gasteiger partial charge in [-0.15, -0.1) is 0 Å². The highest BCUT2D eigenvalue weighted by Gasteiger charge is 2.04. The minimum Gasteiger partial charge on any atom is -0.357 e. The molecule has 22 heavy (non-hydrogen) atoms. The maximum absolute atomic E-state index is 5.32. The van der Waals surface area contributed by atoms with E-state index >= 15 is 0 Å². The van der Waals surface area contributed by atoms with Crippen molar-refractivity contribution >= 4 is 23.0 Å². The second kappa shape index (κ2) is 7.94. The predicted octanol–water partition coefficient (Wildman–Crippen LogP) is 3.90. The summed E-state index contributed by atoms with van der Waals surface area (Å²) in [6.45, 7) is 8.02. The average Bonchev–Trinajstić information content (AvgIpc) is 3.01. The molecule has 0 radical (unpaired) electrons. The van der Waals surface area contributed by atoms with Crippen LogP contribution in [0.5, 0.6) is 0 Å². The first-order chi connectivity index (χ1) is 10.6. The van der Waals surface area contributed by atoms with Crippen LogP contribution in [0.25, 0.3) is 0 Å². The molecule has 0 saturated heterocycles. The summed E-state index contributed by atoms with van der Waals surface area (Å²) < 4.78 is 1.90. The van der Waals surface area contributed by atoms with Gasteiger partial charge in [-0.05, 0) is 55.2 Å². The maximum Gasteiger partial charge on any atom is 0.171 e. The van der Waals surface area contributed by atoms with E-state index in [1.807, 2.05) is 16.9 Å². The van der Waals surface area contributed by atoms with Crippen molar-refractivity contribution in [3.63, 3.8) is 0 Å². The third-order valence-electron chi connectivity index (χ3n) is 3.80. The van der Waals surface area contributed by atoms with E-state index in [1.165, 1.54) is 5.56 Å². The zero-order chi connectivity index (χ0) is 15.9. The average molecular weight is 316 g/mol. The molecule has 2 rings (SSSR count). The lowest BCUT2D eigenvalue weighted by Crippen LogP contribution is -2.28. The Kier molecular flexibility index (Phi) is 5.95. The third kappa shape index (κ3) is 4.56. The molecule has 1 aromatic carbocycles. The summed E-state index contributed by atoms with van der Waals surface area (Å²) in [5, 5.41) is 11.4. The van der Waals surface area contributed by atoms with Crippen LogP contribution in [0.15, 0.2) is 36.5 Å². The number of aryl methyl sites for hydroxylation is 1. The van der Waals surface area contributed by atoms with Gasteiger partial charge in [0.1, 0.15) is 0 Å². The van der Waals surface area contributed by atoms with Crippen LogP contribution >= 0.6 is 12.2 Å². The van der Waals surface area contributed by atoms with Crippen LogP contribution in [-0.2, 0) is 13.1 Å². The van der Waals surface area contributed by atoms with E-state index in [-0.39, 0.29) is 0 Å². The van der Waals surface area contributed by atoms with Gasteiger partial charge >= 0.3 is 0 Å². The van der Waals surface area contributed by atoms with E-state index in [0.29, 0.717) is 17.6 Å². The van der Waals surface area contributed by atoms with Gasteiger partial charge in [0.05, 0.1) is 12.2 Å². The largest absolute Gasteiger partial charge is 0.357 e. The molecule has 0 bridgehead atoms. The fraction of sp³-hybridized carbons (Fsp3) is 0.412. The molecule has 1 aromatic heterocycles. The molecule has 0 aliphatic heterocycles. The molecule has 1 atom stereocenters. The summed E-state index contributed by atoms with van der Waals surface area (Å²) in [6, 6.07) is 10.5. The molecule has 118 valence electrons. The predicted molar refractivity (Wildman–Crippen MR) is 96.1 cm³/mol. The normalized spacial score (nSPS) is 12.0. The van der Waals surface area contributed by atoms with Crippen molar-refractivity contribution < 1.29 is 0 Å². The second-order valence-electron chi connectivity index (χ2n) is 5.40. The molecule has 1 unspecified atom stereocenters. The number of hydrogen-bond acceptors (Lipinski definition) is 2. The Labute approximate surface area is 137 Å². The van der Waals surface area contributed by atoms with Crippen LogP contribution in [0.1, 0.15) is 44.4 Å². The number of nitrogens with one attached hydrogen (secondary N) is 2. The van der Waals surface area contributed by atoms with Gasteiger partial charge in [0.2, 0.25) is 0 Å². The molecule has 0 aliphatic carbocycles. The van der Waals surface area contributed by atoms with Crippen LogP contribution in [0.2, 0.25) is 0 Å². The van der Waals surface area contributed by atoms with Crippen molar-refractivity contribution in [3.05, 3.63) is 47.8 Å². The van der Waals surface area contributed by atoms with Crippen molar-refractivity contribution in [2.45, 2.75) is 46.2 Å². The number of anilines is 1. The molecule has 0 fully saturated rings. The third-order valence-corrected chi connectivity index (χ3v) is 4.05. The van der Waals surface area contributed by atoms with Gasteiger partial charge in [0.25, 0.3) is 0 Å². The Hall–Kier alpha value is -1.88. The summed E-state index contributed by atoms with van der Waals surface area (Å²) in [6.07, 6.45) is 3.12. The fourth-order valence-corrected chi connectivity index (χ4v) is 2.34. The van der Waals surface area contributed by atoms with Crippen molar-refractivity contribution in [3.8, 4) is 0 Å². The second-order valence-corrected chi connectivity index (χ2v) is 5.81. The molecule has 2 N–H and O–H groups in total. The van der Waals surface area contributed by atoms with Gasteiger partial charge in [-0.1, -0.05) is 26.0 Å². The van der Waals surface area contributed by atoms with Crippen LogP contribution < -0.4 is 10.6 Å². The summed E-state index contributed by atoms with van der Waals surface area (Å²) in [4.78, 5) is 0. The van der Waals surface area contributed by atoms with Gasteiger partial charge in [0, 0.05) is 18.4 Å². The molecule has 2 aromatic rings. The smallest absolute Gasteiger partial charge is 0.171 e. The Balaban J connectivity index is 1.83. The van der Waals surface area contributed by atoms with Crippen molar-refractivity contribution in [1.29, 1.82) is 0 Å². The number of thiocarbonyl (C=S) groups is 1. The van der Waals surface area contributed by atoms with Crippen LogP contribution in [0.4, 0.5) is 5.69 Å². The quantitative estimate of drug-likeness (QED) is 0.793. The zero-order valence-electron chi connectivity index (χ0n) is 13.5. The molecule has 0 amide bonds. The van der Waals surface area contributed by atoms with E-state index in [9.17, 15) is 0 Å². The molecule has 0 aliphatic rings. The Morgan fingerprint density at radius 2 is 1.95 bits per heavy atom. The van der Waals surface area contributed by atoms with E-state index < -0.39 is 0 Å². The van der Waals surface area contributed by atoms with Crippen LogP contribution in [-0.4, -0.2) is 14.9 Å². The maximum atomic E-state index is 5.32. The lowest BCUT2D eigenvalue weighted by Gasteiger charge is -2.12. The number of nitrogens with zero attached hydrogens (tertiary/aromatic N) is 2. The highest BCUT2D eigenvalue weighted by Crippen LogP contribution is 2.20. The first kappa shape index (κ1) is 16.5. The van der Waals surface area contributed by atoms with Gasteiger partial charge in [-0.2, -0.15) is 5.10 Å². The van der Waals surface area contributed by atoms with Gasteiger partial charge in [-0.3, -0.25) is 4.68 Å². The van der Waals surface area contributed by atoms with Crippen molar-refractivity contribution in [1.82, 2.24) is 15.1 Å². The molecular weight excluding hydrogens is 292 g/mol. The van der Waals surface area contributed by atoms with Gasteiger partial charge in [-0.25, -0.2) is 0 Å². The highest BCUT2D eigenvalue weighted by molar-refractivity contribution is 7.80. The SMILES string of the molecule is CCC(C)c1ccc(NC(=S)NCc2ccn(CC)n2)cc1. The van der Waals surface area contributed by atoms with Crippen molar-refractivity contribution in [2.75, 3.05) is 5.32 Å². The Morgan fingerprint density at radius 1 is 1.23 bits per heavy atom. The Morgan fingerprint density at radius 3 is 2.55 bits per heavy atom. The minimum atomic E-state index is 0.591. The summed E-state index contributed by atoms with van der Waals surface area (Å²) in [5.74, 6) is 0.591. The van der Waals surface area contributed by atoms with Crippen LogP contribution in [0, 0.1) is 0 Å². The Bertz CT molecular complexity index is 603. The van der Waals surface area contributed by atoms with E-state index in [0.717, 1.165) is 24.3 Å². The number of aromatic nitrogens is 2. The molecule has 4 nitrogen and oxygen atoms in total. The van der Waals surface area contributed by atoms with E-state index in [2.05, 4.69) is 60.8 Å². The van der Waals surface area contributed by atoms with Gasteiger partial charge in [0.15, 0.2) is 5.11 Å². The molecule has 5 heteroatoms. The topological polar surface area (TPSA) is 41.9 Å². The number of hydrogen-bond donors (Lipinski definition) is 2. The lowest BCUT2D eigenvalue weighted by molar-refractivity contribution is 0.643. The molecular formula is C17H24N4S. The van der Waals surface area contributed by atoms with Crippen LogP contribution in [0.3, 0.4) is 0 Å². The lowest BCUT2D eigenvalue weighted by atomic mass is 9.99. The summed E-state index contributed by atoms with van der Waals surface area (Å²) in [7, 11) is 0. The highest BCUT2D eigenvalue weighted by atomic mass is 32.1. The summed E-state index contributed by atoms with van der Waals surface area (Å²) in [5.41, 5.74) is 3.35. The molecule has 1 heterocycles. The standard InChI is InChI=1S/C17H24N4S/c1-4-13(3)14-6-8-15(9-7-14)19-17(22)18-12-16-10-11-21(5-2)20-16/h6-11,13H,4-5,12H2,1-3H3,(H2,18,19,22). The fourth-order valence-electron chi connectivity index (χ4n) is 2.15.